The SMILES string of the molecule is NC(CCc1nc(C2CCCO2)no1)c1ccccc1. The average molecular weight is 273 g/mol. The van der Waals surface area contributed by atoms with E-state index in [1.165, 1.54) is 0 Å². The van der Waals surface area contributed by atoms with Crippen molar-refractivity contribution in [3.05, 3.63) is 47.6 Å². The Labute approximate surface area is 118 Å². The van der Waals surface area contributed by atoms with E-state index >= 15 is 0 Å². The second-order valence-electron chi connectivity index (χ2n) is 5.10. The zero-order valence-electron chi connectivity index (χ0n) is 11.4. The Morgan fingerprint density at radius 2 is 2.15 bits per heavy atom. The van der Waals surface area contributed by atoms with E-state index in [1.807, 2.05) is 30.3 Å². The van der Waals surface area contributed by atoms with E-state index in [0.717, 1.165) is 31.4 Å². The molecule has 2 atom stereocenters. The minimum absolute atomic E-state index is 0.00530. The number of benzene rings is 1. The van der Waals surface area contributed by atoms with E-state index in [1.54, 1.807) is 0 Å². The minimum Gasteiger partial charge on any atom is -0.370 e. The van der Waals surface area contributed by atoms with E-state index in [4.69, 9.17) is 15.0 Å². The summed E-state index contributed by atoms with van der Waals surface area (Å²) in [6.07, 6.45) is 3.53. The molecule has 1 saturated heterocycles. The molecule has 1 aromatic heterocycles. The molecular formula is C15H19N3O2. The molecule has 1 fully saturated rings. The van der Waals surface area contributed by atoms with Crippen molar-refractivity contribution in [1.29, 1.82) is 0 Å². The number of ether oxygens (including phenoxy) is 1. The Balaban J connectivity index is 1.56. The van der Waals surface area contributed by atoms with Crippen LogP contribution in [-0.4, -0.2) is 16.7 Å². The molecule has 5 heteroatoms. The maximum atomic E-state index is 6.16. The Morgan fingerprint density at radius 3 is 2.90 bits per heavy atom. The topological polar surface area (TPSA) is 74.2 Å². The first-order chi connectivity index (χ1) is 9.83. The summed E-state index contributed by atoms with van der Waals surface area (Å²) in [5.41, 5.74) is 7.29. The third-order valence-corrected chi connectivity index (χ3v) is 3.60. The van der Waals surface area contributed by atoms with Crippen molar-refractivity contribution in [3.63, 3.8) is 0 Å². The van der Waals surface area contributed by atoms with Crippen LogP contribution in [0.25, 0.3) is 0 Å². The standard InChI is InChI=1S/C15H19N3O2/c16-12(11-5-2-1-3-6-11)8-9-14-17-15(18-20-14)13-7-4-10-19-13/h1-3,5-6,12-13H,4,7-10,16H2. The molecule has 3 rings (SSSR count). The highest BCUT2D eigenvalue weighted by Gasteiger charge is 2.23. The molecule has 5 nitrogen and oxygen atoms in total. The smallest absolute Gasteiger partial charge is 0.226 e. The van der Waals surface area contributed by atoms with Crippen molar-refractivity contribution >= 4 is 0 Å². The van der Waals surface area contributed by atoms with Crippen LogP contribution in [0, 0.1) is 0 Å². The van der Waals surface area contributed by atoms with Gasteiger partial charge in [0, 0.05) is 19.1 Å². The molecule has 2 N–H and O–H groups in total. The molecular weight excluding hydrogens is 254 g/mol. The molecule has 106 valence electrons. The van der Waals surface area contributed by atoms with Gasteiger partial charge in [-0.3, -0.25) is 0 Å². The van der Waals surface area contributed by atoms with Gasteiger partial charge < -0.3 is 15.0 Å². The average Bonchev–Trinajstić information content (AvgIpc) is 3.16. The zero-order chi connectivity index (χ0) is 13.8. The number of nitrogens with zero attached hydrogens (tertiary/aromatic N) is 2. The lowest BCUT2D eigenvalue weighted by molar-refractivity contribution is 0.103. The van der Waals surface area contributed by atoms with Crippen LogP contribution in [0.1, 0.15) is 48.7 Å². The van der Waals surface area contributed by atoms with Gasteiger partial charge in [0.05, 0.1) is 0 Å². The maximum Gasteiger partial charge on any atom is 0.226 e. The Kier molecular flexibility index (Phi) is 4.08. The largest absolute Gasteiger partial charge is 0.370 e. The fourth-order valence-electron chi connectivity index (χ4n) is 2.43. The van der Waals surface area contributed by atoms with Gasteiger partial charge in [0.25, 0.3) is 0 Å². The molecule has 2 unspecified atom stereocenters. The van der Waals surface area contributed by atoms with Crippen LogP contribution in [0.4, 0.5) is 0 Å². The van der Waals surface area contributed by atoms with Crippen molar-refractivity contribution in [2.24, 2.45) is 5.73 Å². The fourth-order valence-corrected chi connectivity index (χ4v) is 2.43. The molecule has 0 aliphatic carbocycles. The van der Waals surface area contributed by atoms with E-state index < -0.39 is 0 Å². The van der Waals surface area contributed by atoms with Crippen molar-refractivity contribution < 1.29 is 9.26 Å². The molecule has 1 aromatic carbocycles. The Bertz CT molecular complexity index is 535. The highest BCUT2D eigenvalue weighted by molar-refractivity contribution is 5.18. The second-order valence-corrected chi connectivity index (χ2v) is 5.10. The summed E-state index contributed by atoms with van der Waals surface area (Å²) in [7, 11) is 0. The molecule has 2 heterocycles. The summed E-state index contributed by atoms with van der Waals surface area (Å²) >= 11 is 0. The third-order valence-electron chi connectivity index (χ3n) is 3.60. The van der Waals surface area contributed by atoms with E-state index in [-0.39, 0.29) is 12.1 Å². The Hall–Kier alpha value is -1.72. The van der Waals surface area contributed by atoms with E-state index in [9.17, 15) is 0 Å². The summed E-state index contributed by atoms with van der Waals surface area (Å²) < 4.78 is 10.8. The van der Waals surface area contributed by atoms with Crippen molar-refractivity contribution in [2.75, 3.05) is 6.61 Å². The van der Waals surface area contributed by atoms with Crippen LogP contribution in [0.5, 0.6) is 0 Å². The molecule has 1 aliphatic rings. The predicted octanol–water partition coefficient (Wildman–Crippen LogP) is 2.55. The molecule has 20 heavy (non-hydrogen) atoms. The van der Waals surface area contributed by atoms with Gasteiger partial charge in [-0.05, 0) is 24.8 Å². The first kappa shape index (κ1) is 13.3. The van der Waals surface area contributed by atoms with Crippen LogP contribution in [-0.2, 0) is 11.2 Å². The fraction of sp³-hybridized carbons (Fsp3) is 0.467. The number of hydrogen-bond acceptors (Lipinski definition) is 5. The molecule has 0 spiro atoms. The highest BCUT2D eigenvalue weighted by atomic mass is 16.5. The lowest BCUT2D eigenvalue weighted by atomic mass is 10.0. The molecule has 1 aliphatic heterocycles. The summed E-state index contributed by atoms with van der Waals surface area (Å²) in [4.78, 5) is 4.40. The lowest BCUT2D eigenvalue weighted by Crippen LogP contribution is -2.11. The number of aryl methyl sites for hydroxylation is 1. The normalized spacial score (nSPS) is 20.1. The number of aromatic nitrogens is 2. The third kappa shape index (κ3) is 3.05. The van der Waals surface area contributed by atoms with Crippen LogP contribution in [0.3, 0.4) is 0 Å². The van der Waals surface area contributed by atoms with Gasteiger partial charge in [-0.25, -0.2) is 0 Å². The van der Waals surface area contributed by atoms with Gasteiger partial charge >= 0.3 is 0 Å². The van der Waals surface area contributed by atoms with E-state index in [2.05, 4.69) is 10.1 Å². The van der Waals surface area contributed by atoms with Crippen molar-refractivity contribution in [1.82, 2.24) is 10.1 Å². The lowest BCUT2D eigenvalue weighted by Gasteiger charge is -2.09. The number of hydrogen-bond donors (Lipinski definition) is 1. The zero-order valence-corrected chi connectivity index (χ0v) is 11.4. The molecule has 0 amide bonds. The summed E-state index contributed by atoms with van der Waals surface area (Å²) in [5, 5.41) is 4.00. The van der Waals surface area contributed by atoms with Gasteiger partial charge in [0.15, 0.2) is 0 Å². The van der Waals surface area contributed by atoms with Gasteiger partial charge in [-0.2, -0.15) is 4.98 Å². The van der Waals surface area contributed by atoms with E-state index in [0.29, 0.717) is 18.1 Å². The van der Waals surface area contributed by atoms with Crippen LogP contribution >= 0.6 is 0 Å². The molecule has 0 saturated carbocycles. The van der Waals surface area contributed by atoms with Gasteiger partial charge in [0.1, 0.15) is 6.10 Å². The van der Waals surface area contributed by atoms with Gasteiger partial charge in [-0.1, -0.05) is 35.5 Å². The summed E-state index contributed by atoms with van der Waals surface area (Å²) in [6.45, 7) is 0.785. The second kappa shape index (κ2) is 6.15. The van der Waals surface area contributed by atoms with Gasteiger partial charge in [0.2, 0.25) is 11.7 Å². The van der Waals surface area contributed by atoms with Crippen molar-refractivity contribution in [3.8, 4) is 0 Å². The van der Waals surface area contributed by atoms with Gasteiger partial charge in [-0.15, -0.1) is 0 Å². The Morgan fingerprint density at radius 1 is 1.30 bits per heavy atom. The molecule has 0 radical (unpaired) electrons. The molecule has 0 bridgehead atoms. The first-order valence-electron chi connectivity index (χ1n) is 7.07. The first-order valence-corrected chi connectivity index (χ1v) is 7.07. The predicted molar refractivity (Wildman–Crippen MR) is 73.9 cm³/mol. The monoisotopic (exact) mass is 273 g/mol. The molecule has 2 aromatic rings. The summed E-state index contributed by atoms with van der Waals surface area (Å²) in [6, 6.07) is 10.1. The number of nitrogens with two attached hydrogens (primary N) is 1. The maximum absolute atomic E-state index is 6.16. The van der Waals surface area contributed by atoms with Crippen LogP contribution in [0.15, 0.2) is 34.9 Å². The quantitative estimate of drug-likeness (QED) is 0.906. The van der Waals surface area contributed by atoms with Crippen LogP contribution in [0.2, 0.25) is 0 Å². The van der Waals surface area contributed by atoms with Crippen LogP contribution < -0.4 is 5.73 Å². The highest BCUT2D eigenvalue weighted by Crippen LogP contribution is 2.26. The number of rotatable bonds is 5. The summed E-state index contributed by atoms with van der Waals surface area (Å²) in [5.74, 6) is 1.31. The minimum atomic E-state index is -0.00530. The van der Waals surface area contributed by atoms with Crippen molar-refractivity contribution in [2.45, 2.75) is 37.8 Å².